The van der Waals surface area contributed by atoms with E-state index in [1.54, 1.807) is 18.5 Å². The van der Waals surface area contributed by atoms with E-state index in [9.17, 15) is 0 Å². The molecule has 2 aromatic heterocycles. The van der Waals surface area contributed by atoms with Crippen LogP contribution < -0.4 is 4.74 Å². The summed E-state index contributed by atoms with van der Waals surface area (Å²) in [7, 11) is 6.25. The summed E-state index contributed by atoms with van der Waals surface area (Å²) >= 11 is 0. The SMILES string of the molecule is [B]N1CCCC1(C)Cn1nc(-c2ccc(OC(/C=C\C#C)=C/C)cc2)c2cncnc21. The molecule has 0 saturated carbocycles. The summed E-state index contributed by atoms with van der Waals surface area (Å²) in [6.45, 7) is 5.64. The topological polar surface area (TPSA) is 56.1 Å². The summed E-state index contributed by atoms with van der Waals surface area (Å²) in [5.41, 5.74) is 2.47. The molecule has 0 bridgehead atoms. The molecule has 154 valence electrons. The minimum atomic E-state index is -0.145. The van der Waals surface area contributed by atoms with Crippen molar-refractivity contribution < 1.29 is 4.74 Å². The van der Waals surface area contributed by atoms with Crippen molar-refractivity contribution in [2.24, 2.45) is 0 Å². The van der Waals surface area contributed by atoms with Crippen molar-refractivity contribution in [2.75, 3.05) is 6.54 Å². The normalized spacial score (nSPS) is 19.8. The predicted octanol–water partition coefficient (Wildman–Crippen LogP) is 3.90. The van der Waals surface area contributed by atoms with E-state index in [1.807, 2.05) is 53.0 Å². The number of fused-ring (bicyclic) bond motifs is 1. The molecule has 1 fully saturated rings. The molecular formula is C24H24BN5O. The van der Waals surface area contributed by atoms with Gasteiger partial charge in [-0.2, -0.15) is 5.10 Å². The highest BCUT2D eigenvalue weighted by Gasteiger charge is 2.34. The molecule has 1 aromatic carbocycles. The molecule has 2 radical (unpaired) electrons. The van der Waals surface area contributed by atoms with Gasteiger partial charge in [0, 0.05) is 17.3 Å². The molecule has 1 aliphatic heterocycles. The molecule has 4 rings (SSSR count). The van der Waals surface area contributed by atoms with E-state index in [0.29, 0.717) is 12.3 Å². The van der Waals surface area contributed by atoms with Crippen LogP contribution in [0.15, 0.2) is 60.8 Å². The fourth-order valence-electron chi connectivity index (χ4n) is 3.91. The molecular weight excluding hydrogens is 385 g/mol. The zero-order valence-electron chi connectivity index (χ0n) is 17.8. The number of aromatic nitrogens is 4. The van der Waals surface area contributed by atoms with Crippen molar-refractivity contribution >= 4 is 19.0 Å². The summed E-state index contributed by atoms with van der Waals surface area (Å²) in [5.74, 6) is 3.87. The second kappa shape index (κ2) is 8.79. The average molecular weight is 409 g/mol. The van der Waals surface area contributed by atoms with Gasteiger partial charge in [-0.05, 0) is 75.7 Å². The molecule has 7 heteroatoms. The molecule has 0 aliphatic carbocycles. The average Bonchev–Trinajstić information content (AvgIpc) is 3.31. The minimum absolute atomic E-state index is 0.145. The number of benzene rings is 1. The van der Waals surface area contributed by atoms with E-state index in [0.717, 1.165) is 47.4 Å². The Bertz CT molecular complexity index is 1170. The van der Waals surface area contributed by atoms with Gasteiger partial charge in [0.1, 0.15) is 23.5 Å². The first-order valence-corrected chi connectivity index (χ1v) is 10.3. The third-order valence-electron chi connectivity index (χ3n) is 5.70. The van der Waals surface area contributed by atoms with Crippen LogP contribution in [0.2, 0.25) is 0 Å². The summed E-state index contributed by atoms with van der Waals surface area (Å²) in [4.78, 5) is 10.6. The number of hydrogen-bond donors (Lipinski definition) is 0. The molecule has 3 aromatic rings. The van der Waals surface area contributed by atoms with Gasteiger partial charge in [-0.3, -0.25) is 0 Å². The number of ether oxygens (including phenoxy) is 1. The van der Waals surface area contributed by atoms with Gasteiger partial charge >= 0.3 is 0 Å². The Labute approximate surface area is 184 Å². The van der Waals surface area contributed by atoms with Crippen LogP contribution in [0.5, 0.6) is 5.75 Å². The molecule has 1 atom stereocenters. The number of hydrogen-bond acceptors (Lipinski definition) is 5. The van der Waals surface area contributed by atoms with Crippen LogP contribution >= 0.6 is 0 Å². The summed E-state index contributed by atoms with van der Waals surface area (Å²) in [6, 6.07) is 7.80. The van der Waals surface area contributed by atoms with Crippen molar-refractivity contribution in [1.29, 1.82) is 0 Å². The summed E-state index contributed by atoms with van der Waals surface area (Å²) < 4.78 is 7.82. The third-order valence-corrected chi connectivity index (χ3v) is 5.70. The van der Waals surface area contributed by atoms with Crippen molar-refractivity contribution in [2.45, 2.75) is 38.8 Å². The lowest BCUT2D eigenvalue weighted by atomic mass is 9.96. The standard InChI is InChI=1S/C24H24BN5O/c1-4-6-8-19(5-2)31-20-11-9-18(10-12-20)22-21-15-26-17-27-23(21)29(28-22)16-24(3)13-7-14-30(24)25/h1,5-6,8-12,15,17H,7,13-14,16H2,2-3H3/b8-6-,19-5+. The maximum Gasteiger partial charge on any atom is 0.183 e. The lowest BCUT2D eigenvalue weighted by Crippen LogP contribution is -2.43. The lowest BCUT2D eigenvalue weighted by molar-refractivity contribution is 0.233. The molecule has 0 amide bonds. The third kappa shape index (κ3) is 4.26. The first kappa shape index (κ1) is 20.9. The Kier molecular flexibility index (Phi) is 5.92. The van der Waals surface area contributed by atoms with Gasteiger partial charge in [-0.15, -0.1) is 6.42 Å². The van der Waals surface area contributed by atoms with Crippen molar-refractivity contribution in [3.05, 3.63) is 60.8 Å². The van der Waals surface area contributed by atoms with Crippen LogP contribution in [-0.2, 0) is 6.54 Å². The Hall–Kier alpha value is -3.37. The second-order valence-electron chi connectivity index (χ2n) is 7.88. The quantitative estimate of drug-likeness (QED) is 0.268. The highest BCUT2D eigenvalue weighted by atomic mass is 16.5. The van der Waals surface area contributed by atoms with Crippen LogP contribution in [0.3, 0.4) is 0 Å². The molecule has 0 spiro atoms. The van der Waals surface area contributed by atoms with Crippen molar-refractivity contribution in [1.82, 2.24) is 24.6 Å². The van der Waals surface area contributed by atoms with Crippen molar-refractivity contribution in [3.63, 3.8) is 0 Å². The molecule has 1 aliphatic rings. The van der Waals surface area contributed by atoms with E-state index < -0.39 is 0 Å². The second-order valence-corrected chi connectivity index (χ2v) is 7.88. The maximum absolute atomic E-state index is 6.25. The molecule has 1 unspecified atom stereocenters. The van der Waals surface area contributed by atoms with Crippen LogP contribution in [0.1, 0.15) is 26.7 Å². The highest BCUT2D eigenvalue weighted by Crippen LogP contribution is 2.32. The fourth-order valence-corrected chi connectivity index (χ4v) is 3.91. The smallest absolute Gasteiger partial charge is 0.183 e. The number of nitrogens with zero attached hydrogens (tertiary/aromatic N) is 5. The fraction of sp³-hybridized carbons (Fsp3) is 0.292. The van der Waals surface area contributed by atoms with E-state index >= 15 is 0 Å². The first-order valence-electron chi connectivity index (χ1n) is 10.3. The Balaban J connectivity index is 1.64. The molecule has 6 nitrogen and oxygen atoms in total. The van der Waals surface area contributed by atoms with Crippen LogP contribution in [0.4, 0.5) is 0 Å². The van der Waals surface area contributed by atoms with E-state index in [-0.39, 0.29) is 5.54 Å². The van der Waals surface area contributed by atoms with Gasteiger partial charge in [0.25, 0.3) is 0 Å². The molecule has 0 N–H and O–H groups in total. The molecule has 31 heavy (non-hydrogen) atoms. The van der Waals surface area contributed by atoms with E-state index in [4.69, 9.17) is 24.2 Å². The van der Waals surface area contributed by atoms with Crippen molar-refractivity contribution in [3.8, 4) is 29.4 Å². The Morgan fingerprint density at radius 3 is 2.84 bits per heavy atom. The predicted molar refractivity (Wildman–Crippen MR) is 123 cm³/mol. The van der Waals surface area contributed by atoms with Crippen LogP contribution in [0.25, 0.3) is 22.3 Å². The molecule has 3 heterocycles. The Morgan fingerprint density at radius 1 is 1.35 bits per heavy atom. The van der Waals surface area contributed by atoms with Gasteiger partial charge in [-0.1, -0.05) is 5.92 Å². The number of rotatable bonds is 6. The Morgan fingerprint density at radius 2 is 2.16 bits per heavy atom. The highest BCUT2D eigenvalue weighted by molar-refractivity contribution is 6.05. The van der Waals surface area contributed by atoms with Crippen LogP contribution in [-0.4, -0.2) is 44.6 Å². The number of terminal acetylenes is 1. The number of allylic oxidation sites excluding steroid dienone is 3. The zero-order valence-corrected chi connectivity index (χ0v) is 17.8. The summed E-state index contributed by atoms with van der Waals surface area (Å²) in [6.07, 6.45) is 16.0. The van der Waals surface area contributed by atoms with Gasteiger partial charge in [-0.25, -0.2) is 14.6 Å². The monoisotopic (exact) mass is 409 g/mol. The minimum Gasteiger partial charge on any atom is -0.458 e. The maximum atomic E-state index is 6.25. The van der Waals surface area contributed by atoms with Gasteiger partial charge in [0.15, 0.2) is 13.6 Å². The largest absolute Gasteiger partial charge is 0.458 e. The van der Waals surface area contributed by atoms with E-state index in [2.05, 4.69) is 22.8 Å². The van der Waals surface area contributed by atoms with Crippen LogP contribution in [0, 0.1) is 12.3 Å². The first-order chi connectivity index (χ1) is 15.0. The van der Waals surface area contributed by atoms with E-state index in [1.165, 1.54) is 0 Å². The lowest BCUT2D eigenvalue weighted by Gasteiger charge is -2.32. The zero-order chi connectivity index (χ0) is 21.8. The van der Waals surface area contributed by atoms with Gasteiger partial charge in [0.05, 0.1) is 11.9 Å². The molecule has 1 saturated heterocycles. The van der Waals surface area contributed by atoms with Gasteiger partial charge in [0.2, 0.25) is 0 Å². The van der Waals surface area contributed by atoms with Gasteiger partial charge < -0.3 is 9.55 Å². The summed E-state index contributed by atoms with van der Waals surface area (Å²) in [5, 5.41) is 5.81.